The second-order valence-electron chi connectivity index (χ2n) is 5.27. The number of hydrogen-bond acceptors (Lipinski definition) is 2. The van der Waals surface area contributed by atoms with Crippen molar-refractivity contribution in [1.29, 1.82) is 0 Å². The Morgan fingerprint density at radius 3 is 2.43 bits per heavy atom. The minimum atomic E-state index is -0.531. The Balaban J connectivity index is 2.56. The number of nitrogens with one attached hydrogen (secondary N) is 1. The first-order valence-corrected chi connectivity index (χ1v) is 7.06. The highest BCUT2D eigenvalue weighted by Gasteiger charge is 2.14. The molecule has 0 aliphatic heterocycles. The maximum atomic E-state index is 13.0. The van der Waals surface area contributed by atoms with Gasteiger partial charge in [-0.1, -0.05) is 37.6 Å². The molecular formula is C15H16ClFN2O2. The van der Waals surface area contributed by atoms with Crippen LogP contribution >= 0.6 is 11.6 Å². The van der Waals surface area contributed by atoms with Crippen molar-refractivity contribution in [1.82, 2.24) is 9.55 Å². The Morgan fingerprint density at radius 2 is 1.86 bits per heavy atom. The fraction of sp³-hybridized carbons (Fsp3) is 0.333. The lowest BCUT2D eigenvalue weighted by Gasteiger charge is -2.10. The quantitative estimate of drug-likeness (QED) is 0.882. The monoisotopic (exact) mass is 310 g/mol. The van der Waals surface area contributed by atoms with Crippen LogP contribution in [0.1, 0.15) is 20.3 Å². The van der Waals surface area contributed by atoms with Crippen LogP contribution < -0.4 is 11.2 Å². The summed E-state index contributed by atoms with van der Waals surface area (Å²) in [6, 6.07) is 5.41. The van der Waals surface area contributed by atoms with Gasteiger partial charge in [-0.2, -0.15) is 0 Å². The van der Waals surface area contributed by atoms with E-state index in [4.69, 9.17) is 11.6 Å². The van der Waals surface area contributed by atoms with Gasteiger partial charge in [0.05, 0.1) is 5.56 Å². The van der Waals surface area contributed by atoms with Gasteiger partial charge in [0.1, 0.15) is 11.0 Å². The van der Waals surface area contributed by atoms with E-state index in [1.54, 1.807) is 0 Å². The molecule has 0 fully saturated rings. The van der Waals surface area contributed by atoms with Crippen molar-refractivity contribution < 1.29 is 4.39 Å². The van der Waals surface area contributed by atoms with Gasteiger partial charge < -0.3 is 0 Å². The van der Waals surface area contributed by atoms with Crippen LogP contribution in [0.5, 0.6) is 0 Å². The molecule has 0 aliphatic rings. The van der Waals surface area contributed by atoms with Crippen LogP contribution in [0.25, 0.3) is 11.1 Å². The van der Waals surface area contributed by atoms with Crippen molar-refractivity contribution in [3.63, 3.8) is 0 Å². The van der Waals surface area contributed by atoms with E-state index in [0.717, 1.165) is 4.57 Å². The molecule has 0 aliphatic carbocycles. The van der Waals surface area contributed by atoms with E-state index in [1.807, 2.05) is 13.8 Å². The van der Waals surface area contributed by atoms with Crippen molar-refractivity contribution in [3.05, 3.63) is 56.1 Å². The molecule has 0 radical (unpaired) electrons. The third-order valence-corrected chi connectivity index (χ3v) is 3.49. The van der Waals surface area contributed by atoms with E-state index < -0.39 is 17.1 Å². The minimum Gasteiger partial charge on any atom is -0.297 e. The molecule has 0 spiro atoms. The molecule has 0 saturated heterocycles. The highest BCUT2D eigenvalue weighted by molar-refractivity contribution is 6.32. The molecule has 4 nitrogen and oxygen atoms in total. The third kappa shape index (κ3) is 3.42. The van der Waals surface area contributed by atoms with Crippen LogP contribution in [0.15, 0.2) is 33.9 Å². The van der Waals surface area contributed by atoms with Gasteiger partial charge >= 0.3 is 5.69 Å². The molecule has 2 rings (SSSR count). The number of nitrogens with zero attached hydrogens (tertiary/aromatic N) is 1. The number of aromatic amines is 1. The number of H-pyrrole nitrogens is 1. The summed E-state index contributed by atoms with van der Waals surface area (Å²) in [6.45, 7) is 4.34. The van der Waals surface area contributed by atoms with Crippen molar-refractivity contribution in [2.75, 3.05) is 0 Å². The Bertz CT molecular complexity index is 748. The van der Waals surface area contributed by atoms with Gasteiger partial charge in [-0.3, -0.25) is 14.3 Å². The van der Waals surface area contributed by atoms with E-state index in [9.17, 15) is 14.0 Å². The summed E-state index contributed by atoms with van der Waals surface area (Å²) in [6.07, 6.45) is 0.702. The number of hydrogen-bond donors (Lipinski definition) is 1. The molecule has 0 amide bonds. The van der Waals surface area contributed by atoms with E-state index >= 15 is 0 Å². The molecule has 6 heteroatoms. The van der Waals surface area contributed by atoms with Crippen molar-refractivity contribution >= 4 is 11.6 Å². The highest BCUT2D eigenvalue weighted by Crippen LogP contribution is 2.21. The van der Waals surface area contributed by atoms with Crippen molar-refractivity contribution in [2.45, 2.75) is 26.8 Å². The number of benzene rings is 1. The average molecular weight is 311 g/mol. The molecule has 112 valence electrons. The van der Waals surface area contributed by atoms with Gasteiger partial charge in [-0.15, -0.1) is 0 Å². The SMILES string of the molecule is CC(C)CCn1c(=O)[nH]c(Cl)c(-c2ccc(F)cc2)c1=O. The predicted octanol–water partition coefficient (Wildman–Crippen LogP) is 3.04. The van der Waals surface area contributed by atoms with Crippen LogP contribution in [-0.2, 0) is 6.54 Å². The van der Waals surface area contributed by atoms with Crippen molar-refractivity contribution in [3.8, 4) is 11.1 Å². The van der Waals surface area contributed by atoms with Crippen molar-refractivity contribution in [2.24, 2.45) is 5.92 Å². The van der Waals surface area contributed by atoms with Gasteiger partial charge in [-0.25, -0.2) is 9.18 Å². The number of halogens is 2. The first-order valence-electron chi connectivity index (χ1n) is 6.68. The highest BCUT2D eigenvalue weighted by atomic mass is 35.5. The summed E-state index contributed by atoms with van der Waals surface area (Å²) in [7, 11) is 0. The Labute approximate surface area is 126 Å². The molecular weight excluding hydrogens is 295 g/mol. The molecule has 0 unspecified atom stereocenters. The molecule has 0 bridgehead atoms. The summed E-state index contributed by atoms with van der Waals surface area (Å²) in [5.74, 6) is -0.0410. The molecule has 0 saturated carbocycles. The lowest BCUT2D eigenvalue weighted by molar-refractivity contribution is 0.495. The normalized spacial score (nSPS) is 11.1. The second-order valence-corrected chi connectivity index (χ2v) is 5.64. The van der Waals surface area contributed by atoms with Crippen LogP contribution in [0, 0.1) is 11.7 Å². The summed E-state index contributed by atoms with van der Waals surface area (Å²) >= 11 is 5.98. The maximum absolute atomic E-state index is 13.0. The van der Waals surface area contributed by atoms with E-state index in [1.165, 1.54) is 24.3 Å². The van der Waals surface area contributed by atoms with Gasteiger partial charge in [0, 0.05) is 6.54 Å². The molecule has 1 N–H and O–H groups in total. The van der Waals surface area contributed by atoms with Crippen LogP contribution in [0.2, 0.25) is 5.15 Å². The van der Waals surface area contributed by atoms with Gasteiger partial charge in [0.2, 0.25) is 0 Å². The topological polar surface area (TPSA) is 54.9 Å². The first-order chi connectivity index (χ1) is 9.90. The van der Waals surface area contributed by atoms with Gasteiger partial charge in [0.15, 0.2) is 0 Å². The smallest absolute Gasteiger partial charge is 0.297 e. The summed E-state index contributed by atoms with van der Waals surface area (Å²) in [5, 5.41) is -0.0302. The molecule has 1 aromatic carbocycles. The van der Waals surface area contributed by atoms with Gasteiger partial charge in [0.25, 0.3) is 5.56 Å². The average Bonchev–Trinajstić information content (AvgIpc) is 2.40. The standard InChI is InChI=1S/C15H16ClFN2O2/c1-9(2)7-8-19-14(20)12(13(16)18-15(19)21)10-3-5-11(17)6-4-10/h3-6,9H,7-8H2,1-2H3,(H,18,21). The molecule has 21 heavy (non-hydrogen) atoms. The Hall–Kier alpha value is -1.88. The zero-order valence-electron chi connectivity index (χ0n) is 11.8. The second kappa shape index (κ2) is 6.26. The number of aromatic nitrogens is 2. The van der Waals surface area contributed by atoms with Crippen LogP contribution in [0.3, 0.4) is 0 Å². The summed E-state index contributed by atoms with van der Waals surface area (Å²) < 4.78 is 14.1. The Kier molecular flexibility index (Phi) is 4.63. The lowest BCUT2D eigenvalue weighted by Crippen LogP contribution is -2.36. The molecule has 1 aromatic heterocycles. The fourth-order valence-electron chi connectivity index (χ4n) is 2.00. The largest absolute Gasteiger partial charge is 0.329 e. The zero-order valence-corrected chi connectivity index (χ0v) is 12.6. The van der Waals surface area contributed by atoms with E-state index in [0.29, 0.717) is 24.4 Å². The predicted molar refractivity (Wildman–Crippen MR) is 81.2 cm³/mol. The molecule has 1 heterocycles. The lowest BCUT2D eigenvalue weighted by atomic mass is 10.1. The first kappa shape index (κ1) is 15.5. The summed E-state index contributed by atoms with van der Waals surface area (Å²) in [4.78, 5) is 26.8. The third-order valence-electron chi connectivity index (χ3n) is 3.20. The van der Waals surface area contributed by atoms with Crippen LogP contribution in [0.4, 0.5) is 4.39 Å². The fourth-order valence-corrected chi connectivity index (χ4v) is 2.27. The van der Waals surface area contributed by atoms with Crippen LogP contribution in [-0.4, -0.2) is 9.55 Å². The van der Waals surface area contributed by atoms with E-state index in [-0.39, 0.29) is 10.7 Å². The molecule has 2 aromatic rings. The maximum Gasteiger partial charge on any atom is 0.329 e. The zero-order chi connectivity index (χ0) is 15.6. The number of rotatable bonds is 4. The Morgan fingerprint density at radius 1 is 1.24 bits per heavy atom. The summed E-state index contributed by atoms with van der Waals surface area (Å²) in [5.41, 5.74) is -0.339. The minimum absolute atomic E-state index is 0.0302. The van der Waals surface area contributed by atoms with Gasteiger partial charge in [-0.05, 0) is 30.0 Å². The molecule has 0 atom stereocenters. The van der Waals surface area contributed by atoms with E-state index in [2.05, 4.69) is 4.98 Å².